The van der Waals surface area contributed by atoms with Gasteiger partial charge in [-0.15, -0.1) is 0 Å². The van der Waals surface area contributed by atoms with Crippen molar-refractivity contribution >= 4 is 17.5 Å². The Hall–Kier alpha value is -1.26. The van der Waals surface area contributed by atoms with Gasteiger partial charge in [-0.3, -0.25) is 4.79 Å². The molecule has 1 saturated carbocycles. The van der Waals surface area contributed by atoms with Crippen LogP contribution in [0, 0.1) is 5.41 Å². The van der Waals surface area contributed by atoms with Crippen LogP contribution in [-0.4, -0.2) is 19.6 Å². The number of benzene rings is 1. The molecule has 2 rings (SSSR count). The topological polar surface area (TPSA) is 64.3 Å². The van der Waals surface area contributed by atoms with Gasteiger partial charge in [0, 0.05) is 23.6 Å². The first-order chi connectivity index (χ1) is 9.60. The molecule has 0 heterocycles. The molecule has 0 saturated heterocycles. The van der Waals surface area contributed by atoms with E-state index in [1.165, 1.54) is 6.42 Å². The summed E-state index contributed by atoms with van der Waals surface area (Å²) in [6, 6.07) is 5.45. The molecule has 1 aromatic carbocycles. The molecular formula is C15H21ClN2O2. The maximum atomic E-state index is 12.0. The molecule has 4 nitrogen and oxygen atoms in total. The van der Waals surface area contributed by atoms with E-state index in [0.29, 0.717) is 30.3 Å². The molecule has 0 unspecified atom stereocenters. The smallest absolute Gasteiger partial charge is 0.220 e. The summed E-state index contributed by atoms with van der Waals surface area (Å²) in [5.41, 5.74) is 6.60. The van der Waals surface area contributed by atoms with E-state index in [1.807, 2.05) is 12.1 Å². The highest BCUT2D eigenvalue weighted by Crippen LogP contribution is 2.42. The zero-order valence-corrected chi connectivity index (χ0v) is 12.5. The molecule has 1 aliphatic rings. The first-order valence-electron chi connectivity index (χ1n) is 6.88. The summed E-state index contributed by atoms with van der Waals surface area (Å²) in [7, 11) is 1.59. The van der Waals surface area contributed by atoms with E-state index in [1.54, 1.807) is 13.2 Å². The predicted octanol–water partition coefficient (Wildman–Crippen LogP) is 2.48. The van der Waals surface area contributed by atoms with E-state index in [2.05, 4.69) is 5.32 Å². The lowest BCUT2D eigenvalue weighted by Crippen LogP contribution is -2.41. The molecule has 0 radical (unpaired) electrons. The fourth-order valence-corrected chi connectivity index (χ4v) is 2.85. The lowest BCUT2D eigenvalue weighted by molar-refractivity contribution is -0.124. The van der Waals surface area contributed by atoms with Gasteiger partial charge in [-0.1, -0.05) is 24.1 Å². The van der Waals surface area contributed by atoms with Crippen molar-refractivity contribution in [3.63, 3.8) is 0 Å². The first kappa shape index (κ1) is 15.1. The summed E-state index contributed by atoms with van der Waals surface area (Å²) in [6.45, 7) is 0.957. The number of amides is 1. The van der Waals surface area contributed by atoms with Crippen molar-refractivity contribution in [3.8, 4) is 5.75 Å². The fraction of sp³-hybridized carbons (Fsp3) is 0.533. The number of carbonyl (C=O) groups is 1. The highest BCUT2D eigenvalue weighted by molar-refractivity contribution is 6.31. The Labute approximate surface area is 124 Å². The number of nitrogens with one attached hydrogen (secondary N) is 1. The fourth-order valence-electron chi connectivity index (χ4n) is 2.62. The molecule has 5 heteroatoms. The van der Waals surface area contributed by atoms with Gasteiger partial charge in [0.15, 0.2) is 0 Å². The number of rotatable bonds is 6. The molecule has 0 bridgehead atoms. The zero-order valence-electron chi connectivity index (χ0n) is 11.7. The van der Waals surface area contributed by atoms with Gasteiger partial charge in [0.1, 0.15) is 5.75 Å². The minimum atomic E-state index is 0.0225. The lowest BCUT2D eigenvalue weighted by Gasteiger charge is -2.40. The molecule has 0 aliphatic heterocycles. The molecule has 1 aromatic rings. The van der Waals surface area contributed by atoms with Crippen LogP contribution in [0.5, 0.6) is 5.75 Å². The van der Waals surface area contributed by atoms with Crippen LogP contribution in [0.3, 0.4) is 0 Å². The van der Waals surface area contributed by atoms with Gasteiger partial charge in [-0.2, -0.15) is 0 Å². The van der Waals surface area contributed by atoms with Crippen LogP contribution in [0.25, 0.3) is 0 Å². The average molecular weight is 297 g/mol. The predicted molar refractivity (Wildman–Crippen MR) is 79.8 cm³/mol. The zero-order chi connectivity index (χ0) is 14.6. The van der Waals surface area contributed by atoms with Crippen LogP contribution in [0.4, 0.5) is 0 Å². The van der Waals surface area contributed by atoms with Crippen molar-refractivity contribution in [2.75, 3.05) is 13.7 Å². The number of ether oxygens (including phenoxy) is 1. The normalized spacial score (nSPS) is 16.4. The second-order valence-electron chi connectivity index (χ2n) is 5.43. The summed E-state index contributed by atoms with van der Waals surface area (Å²) >= 11 is 6.14. The Morgan fingerprint density at radius 1 is 1.50 bits per heavy atom. The minimum Gasteiger partial charge on any atom is -0.496 e. The van der Waals surface area contributed by atoms with E-state index in [9.17, 15) is 4.79 Å². The van der Waals surface area contributed by atoms with Gasteiger partial charge in [0.05, 0.1) is 7.11 Å². The molecule has 20 heavy (non-hydrogen) atoms. The van der Waals surface area contributed by atoms with Gasteiger partial charge in [0.2, 0.25) is 5.91 Å². The van der Waals surface area contributed by atoms with E-state index in [-0.39, 0.29) is 11.3 Å². The Morgan fingerprint density at radius 2 is 2.25 bits per heavy atom. The Bertz CT molecular complexity index is 481. The summed E-state index contributed by atoms with van der Waals surface area (Å²) in [6.07, 6.45) is 3.76. The number of halogens is 1. The minimum absolute atomic E-state index is 0.0225. The molecule has 1 amide bonds. The van der Waals surface area contributed by atoms with Gasteiger partial charge in [-0.05, 0) is 36.9 Å². The van der Waals surface area contributed by atoms with Crippen LogP contribution in [0.15, 0.2) is 18.2 Å². The summed E-state index contributed by atoms with van der Waals surface area (Å²) in [4.78, 5) is 12.0. The molecule has 110 valence electrons. The largest absolute Gasteiger partial charge is 0.496 e. The molecule has 0 spiro atoms. The maximum Gasteiger partial charge on any atom is 0.220 e. The van der Waals surface area contributed by atoms with Gasteiger partial charge >= 0.3 is 0 Å². The number of hydrogen-bond acceptors (Lipinski definition) is 3. The van der Waals surface area contributed by atoms with E-state index >= 15 is 0 Å². The highest BCUT2D eigenvalue weighted by Gasteiger charge is 2.37. The van der Waals surface area contributed by atoms with E-state index < -0.39 is 0 Å². The second-order valence-corrected chi connectivity index (χ2v) is 5.84. The quantitative estimate of drug-likeness (QED) is 0.847. The standard InChI is InChI=1S/C15H21ClN2O2/c1-20-13-5-2-4-12(16)11(13)9-18-14(19)8-15(10-17)6-3-7-15/h2,4-5H,3,6-10,17H2,1H3,(H,18,19). The Morgan fingerprint density at radius 3 is 2.80 bits per heavy atom. The molecule has 1 fully saturated rings. The summed E-state index contributed by atoms with van der Waals surface area (Å²) in [5, 5.41) is 3.51. The highest BCUT2D eigenvalue weighted by atomic mass is 35.5. The SMILES string of the molecule is COc1cccc(Cl)c1CNC(=O)CC1(CN)CCC1. The van der Waals surface area contributed by atoms with E-state index in [0.717, 1.165) is 18.4 Å². The van der Waals surface area contributed by atoms with Gasteiger partial charge in [0.25, 0.3) is 0 Å². The van der Waals surface area contributed by atoms with Crippen molar-refractivity contribution in [2.45, 2.75) is 32.2 Å². The monoisotopic (exact) mass is 296 g/mol. The van der Waals surface area contributed by atoms with Crippen LogP contribution in [-0.2, 0) is 11.3 Å². The van der Waals surface area contributed by atoms with E-state index in [4.69, 9.17) is 22.1 Å². The maximum absolute atomic E-state index is 12.0. The second kappa shape index (κ2) is 6.46. The molecular weight excluding hydrogens is 276 g/mol. The average Bonchev–Trinajstić information content (AvgIpc) is 2.41. The summed E-state index contributed by atoms with van der Waals surface area (Å²) in [5.74, 6) is 0.715. The van der Waals surface area contributed by atoms with Crippen molar-refractivity contribution in [3.05, 3.63) is 28.8 Å². The van der Waals surface area contributed by atoms with Crippen molar-refractivity contribution in [1.29, 1.82) is 0 Å². The van der Waals surface area contributed by atoms with Crippen molar-refractivity contribution in [2.24, 2.45) is 11.1 Å². The van der Waals surface area contributed by atoms with Gasteiger partial charge in [-0.25, -0.2) is 0 Å². The van der Waals surface area contributed by atoms with Crippen molar-refractivity contribution < 1.29 is 9.53 Å². The van der Waals surface area contributed by atoms with Crippen LogP contribution >= 0.6 is 11.6 Å². The third-order valence-corrected chi connectivity index (χ3v) is 4.50. The molecule has 3 N–H and O–H groups in total. The lowest BCUT2D eigenvalue weighted by atomic mass is 9.66. The Balaban J connectivity index is 1.93. The van der Waals surface area contributed by atoms with Crippen LogP contribution < -0.4 is 15.8 Å². The summed E-state index contributed by atoms with van der Waals surface area (Å²) < 4.78 is 5.26. The number of nitrogens with two attached hydrogens (primary N) is 1. The van der Waals surface area contributed by atoms with Crippen LogP contribution in [0.2, 0.25) is 5.02 Å². The number of methoxy groups -OCH3 is 1. The molecule has 0 aromatic heterocycles. The number of hydrogen-bond donors (Lipinski definition) is 2. The van der Waals surface area contributed by atoms with Crippen LogP contribution in [0.1, 0.15) is 31.2 Å². The first-order valence-corrected chi connectivity index (χ1v) is 7.26. The van der Waals surface area contributed by atoms with Gasteiger partial charge < -0.3 is 15.8 Å². The van der Waals surface area contributed by atoms with Crippen molar-refractivity contribution in [1.82, 2.24) is 5.32 Å². The third-order valence-electron chi connectivity index (χ3n) is 4.14. The Kier molecular flexibility index (Phi) is 4.89. The third kappa shape index (κ3) is 3.25. The molecule has 1 aliphatic carbocycles. The molecule has 0 atom stereocenters. The number of carbonyl (C=O) groups excluding carboxylic acids is 1.